The molecule has 0 radical (unpaired) electrons. The maximum atomic E-state index is 13.5. The van der Waals surface area contributed by atoms with Gasteiger partial charge in [-0.2, -0.15) is 0 Å². The first-order valence-corrected chi connectivity index (χ1v) is 7.46. The van der Waals surface area contributed by atoms with Crippen LogP contribution in [0.2, 0.25) is 0 Å². The van der Waals surface area contributed by atoms with Crippen LogP contribution in [0.15, 0.2) is 48.5 Å². The van der Waals surface area contributed by atoms with Gasteiger partial charge in [0.25, 0.3) is 5.91 Å². The first-order valence-electron chi connectivity index (χ1n) is 7.46. The number of aryl methyl sites for hydroxylation is 1. The lowest BCUT2D eigenvalue weighted by Gasteiger charge is -2.11. The number of amides is 1. The van der Waals surface area contributed by atoms with Crippen LogP contribution in [0.3, 0.4) is 0 Å². The van der Waals surface area contributed by atoms with E-state index in [1.54, 1.807) is 49.4 Å². The molecule has 0 fully saturated rings. The maximum Gasteiger partial charge on any atom is 0.311 e. The minimum atomic E-state index is -0.751. The number of halogens is 1. The van der Waals surface area contributed by atoms with Crippen LogP contribution in [0.5, 0.6) is 11.5 Å². The van der Waals surface area contributed by atoms with Crippen LogP contribution in [0.1, 0.15) is 18.9 Å². The Kier molecular flexibility index (Phi) is 5.89. The topological polar surface area (TPSA) is 78.6 Å². The lowest BCUT2D eigenvalue weighted by Crippen LogP contribution is -2.30. The number of benzene rings is 2. The summed E-state index contributed by atoms with van der Waals surface area (Å²) in [6, 6.07) is 12.5. The number of ether oxygens (including phenoxy) is 2. The summed E-state index contributed by atoms with van der Waals surface area (Å²) in [6.07, 6.45) is -0.417. The van der Waals surface area contributed by atoms with Gasteiger partial charge in [0, 0.05) is 0 Å². The number of primary amides is 1. The monoisotopic (exact) mass is 331 g/mol. The van der Waals surface area contributed by atoms with Gasteiger partial charge in [-0.1, -0.05) is 18.2 Å². The summed E-state index contributed by atoms with van der Waals surface area (Å²) in [4.78, 5) is 22.7. The minimum Gasteiger partial charge on any atom is -0.481 e. The Hall–Kier alpha value is -2.89. The molecular weight excluding hydrogens is 313 g/mol. The molecule has 5 nitrogen and oxygen atoms in total. The predicted octanol–water partition coefficient (Wildman–Crippen LogP) is 2.62. The van der Waals surface area contributed by atoms with E-state index in [1.165, 1.54) is 6.07 Å². The van der Waals surface area contributed by atoms with Gasteiger partial charge in [-0.15, -0.1) is 0 Å². The molecule has 2 aromatic rings. The van der Waals surface area contributed by atoms with Gasteiger partial charge in [0.15, 0.2) is 6.10 Å². The number of hydrogen-bond acceptors (Lipinski definition) is 4. The number of hydrogen-bond donors (Lipinski definition) is 1. The highest BCUT2D eigenvalue weighted by atomic mass is 19.1. The van der Waals surface area contributed by atoms with Crippen LogP contribution in [0.4, 0.5) is 4.39 Å². The van der Waals surface area contributed by atoms with Crippen LogP contribution in [-0.4, -0.2) is 18.0 Å². The van der Waals surface area contributed by atoms with E-state index in [9.17, 15) is 14.0 Å². The molecular formula is C18H18FNO4. The van der Waals surface area contributed by atoms with Crippen LogP contribution >= 0.6 is 0 Å². The number of carbonyl (C=O) groups excluding carboxylic acids is 2. The van der Waals surface area contributed by atoms with Crippen molar-refractivity contribution >= 4 is 11.9 Å². The van der Waals surface area contributed by atoms with Crippen molar-refractivity contribution in [3.8, 4) is 11.5 Å². The van der Waals surface area contributed by atoms with Crippen molar-refractivity contribution in [2.24, 2.45) is 5.73 Å². The molecule has 0 saturated heterocycles. The van der Waals surface area contributed by atoms with E-state index in [-0.39, 0.29) is 18.7 Å². The molecule has 0 aliphatic carbocycles. The Bertz CT molecular complexity index is 715. The predicted molar refractivity (Wildman–Crippen MR) is 86.1 cm³/mol. The van der Waals surface area contributed by atoms with Crippen LogP contribution in [0, 0.1) is 5.82 Å². The van der Waals surface area contributed by atoms with Gasteiger partial charge >= 0.3 is 5.97 Å². The number of rotatable bonds is 7. The molecule has 0 bridgehead atoms. The van der Waals surface area contributed by atoms with Gasteiger partial charge in [0.05, 0.1) is 6.42 Å². The zero-order valence-corrected chi connectivity index (χ0v) is 13.2. The molecule has 0 heterocycles. The van der Waals surface area contributed by atoms with Gasteiger partial charge in [-0.3, -0.25) is 9.59 Å². The molecule has 0 aliphatic rings. The largest absolute Gasteiger partial charge is 0.481 e. The van der Waals surface area contributed by atoms with Crippen molar-refractivity contribution in [3.05, 3.63) is 59.9 Å². The molecule has 2 N–H and O–H groups in total. The molecule has 1 amide bonds. The summed E-state index contributed by atoms with van der Waals surface area (Å²) < 4.78 is 23.9. The zero-order valence-electron chi connectivity index (χ0n) is 13.2. The highest BCUT2D eigenvalue weighted by Crippen LogP contribution is 2.19. The Morgan fingerprint density at radius 3 is 2.33 bits per heavy atom. The van der Waals surface area contributed by atoms with Crippen molar-refractivity contribution < 1.29 is 23.5 Å². The van der Waals surface area contributed by atoms with Crippen molar-refractivity contribution in [1.29, 1.82) is 0 Å². The van der Waals surface area contributed by atoms with Crippen molar-refractivity contribution in [2.75, 3.05) is 0 Å². The quantitative estimate of drug-likeness (QED) is 0.625. The number of carbonyl (C=O) groups is 2. The molecule has 24 heavy (non-hydrogen) atoms. The van der Waals surface area contributed by atoms with Crippen molar-refractivity contribution in [1.82, 2.24) is 0 Å². The van der Waals surface area contributed by atoms with Gasteiger partial charge < -0.3 is 15.2 Å². The second-order valence-electron chi connectivity index (χ2n) is 5.20. The normalized spacial score (nSPS) is 11.6. The van der Waals surface area contributed by atoms with E-state index in [0.29, 0.717) is 17.1 Å². The third-order valence-corrected chi connectivity index (χ3v) is 3.33. The third kappa shape index (κ3) is 5.08. The molecule has 0 aliphatic heterocycles. The number of nitrogens with two attached hydrogens (primary N) is 1. The SMILES string of the molecule is CC(Oc1ccc(OC(=O)CCc2ccccc2F)cc1)C(N)=O. The third-order valence-electron chi connectivity index (χ3n) is 3.33. The summed E-state index contributed by atoms with van der Waals surface area (Å²) in [5.74, 6) is -0.591. The highest BCUT2D eigenvalue weighted by Gasteiger charge is 2.11. The van der Waals surface area contributed by atoms with Gasteiger partial charge in [-0.25, -0.2) is 4.39 Å². The van der Waals surface area contributed by atoms with Gasteiger partial charge in [0.1, 0.15) is 17.3 Å². The van der Waals surface area contributed by atoms with E-state index < -0.39 is 18.0 Å². The fraction of sp³-hybridized carbons (Fsp3) is 0.222. The molecule has 0 aromatic heterocycles. The second-order valence-corrected chi connectivity index (χ2v) is 5.20. The summed E-state index contributed by atoms with van der Waals surface area (Å²) in [5.41, 5.74) is 5.58. The van der Waals surface area contributed by atoms with E-state index in [4.69, 9.17) is 15.2 Å². The molecule has 126 valence electrons. The first kappa shape index (κ1) is 17.5. The molecule has 0 spiro atoms. The Labute approximate surface area is 139 Å². The van der Waals surface area contributed by atoms with Crippen LogP contribution in [-0.2, 0) is 16.0 Å². The molecule has 1 atom stereocenters. The number of esters is 1. The van der Waals surface area contributed by atoms with Crippen molar-refractivity contribution in [2.45, 2.75) is 25.9 Å². The first-order chi connectivity index (χ1) is 11.5. The zero-order chi connectivity index (χ0) is 17.5. The summed E-state index contributed by atoms with van der Waals surface area (Å²) in [6.45, 7) is 1.54. The fourth-order valence-electron chi connectivity index (χ4n) is 1.97. The van der Waals surface area contributed by atoms with Gasteiger partial charge in [0.2, 0.25) is 0 Å². The maximum absolute atomic E-state index is 13.5. The van der Waals surface area contributed by atoms with E-state index in [0.717, 1.165) is 0 Å². The molecule has 2 rings (SSSR count). The van der Waals surface area contributed by atoms with E-state index in [1.807, 2.05) is 0 Å². The molecule has 2 aromatic carbocycles. The standard InChI is InChI=1S/C18H18FNO4/c1-12(18(20)22)23-14-7-9-15(10-8-14)24-17(21)11-6-13-4-2-3-5-16(13)19/h2-5,7-10,12H,6,11H2,1H3,(H2,20,22). The highest BCUT2D eigenvalue weighted by molar-refractivity contribution is 5.78. The Balaban J connectivity index is 1.86. The summed E-state index contributed by atoms with van der Waals surface area (Å²) in [5, 5.41) is 0. The summed E-state index contributed by atoms with van der Waals surface area (Å²) >= 11 is 0. The van der Waals surface area contributed by atoms with E-state index in [2.05, 4.69) is 0 Å². The lowest BCUT2D eigenvalue weighted by molar-refractivity contribution is -0.134. The Morgan fingerprint density at radius 1 is 1.08 bits per heavy atom. The molecule has 6 heteroatoms. The molecule has 0 saturated carbocycles. The van der Waals surface area contributed by atoms with Gasteiger partial charge in [-0.05, 0) is 49.2 Å². The average molecular weight is 331 g/mol. The van der Waals surface area contributed by atoms with Crippen LogP contribution < -0.4 is 15.2 Å². The summed E-state index contributed by atoms with van der Waals surface area (Å²) in [7, 11) is 0. The fourth-order valence-corrected chi connectivity index (χ4v) is 1.97. The van der Waals surface area contributed by atoms with Crippen molar-refractivity contribution in [3.63, 3.8) is 0 Å². The second kappa shape index (κ2) is 8.10. The van der Waals surface area contributed by atoms with Crippen LogP contribution in [0.25, 0.3) is 0 Å². The van der Waals surface area contributed by atoms with E-state index >= 15 is 0 Å². The Morgan fingerprint density at radius 2 is 1.71 bits per heavy atom. The lowest BCUT2D eigenvalue weighted by atomic mass is 10.1. The smallest absolute Gasteiger partial charge is 0.311 e. The minimum absolute atomic E-state index is 0.0674. The average Bonchev–Trinajstić information content (AvgIpc) is 2.56. The molecule has 1 unspecified atom stereocenters.